The van der Waals surface area contributed by atoms with Gasteiger partial charge in [0.2, 0.25) is 11.6 Å². The molecule has 0 saturated carbocycles. The second-order valence-corrected chi connectivity index (χ2v) is 7.16. The number of carbonyl (C=O) groups excluding carboxylic acids is 1. The van der Waals surface area contributed by atoms with E-state index in [0.29, 0.717) is 45.6 Å². The van der Waals surface area contributed by atoms with Crippen LogP contribution in [-0.2, 0) is 14.9 Å². The summed E-state index contributed by atoms with van der Waals surface area (Å²) in [7, 11) is 0. The van der Waals surface area contributed by atoms with Crippen LogP contribution < -0.4 is 4.74 Å². The van der Waals surface area contributed by atoms with E-state index < -0.39 is 5.41 Å². The van der Waals surface area contributed by atoms with E-state index in [-0.39, 0.29) is 23.6 Å². The summed E-state index contributed by atoms with van der Waals surface area (Å²) in [6, 6.07) is 12.0. The minimum atomic E-state index is -0.543. The van der Waals surface area contributed by atoms with E-state index in [4.69, 9.17) is 14.7 Å². The Morgan fingerprint density at radius 3 is 2.71 bits per heavy atom. The Kier molecular flexibility index (Phi) is 5.22. The van der Waals surface area contributed by atoms with Crippen molar-refractivity contribution in [2.75, 3.05) is 26.3 Å². The largest absolute Gasteiger partial charge is 0.470 e. The number of nitrogens with zero attached hydrogens (tertiary/aromatic N) is 4. The summed E-state index contributed by atoms with van der Waals surface area (Å²) >= 11 is 0. The van der Waals surface area contributed by atoms with Crippen LogP contribution in [-0.4, -0.2) is 53.2 Å². The monoisotopic (exact) mass is 378 g/mol. The van der Waals surface area contributed by atoms with Crippen molar-refractivity contribution in [3.05, 3.63) is 54.0 Å². The fourth-order valence-electron chi connectivity index (χ4n) is 4.06. The molecule has 1 aromatic heterocycles. The fraction of sp³-hybridized carbons (Fsp3) is 0.429. The standard InChI is InChI=1S/C21H22N4O3/c22-14-18-19(24-10-9-23-18)28-17-6-11-25(15-17)20(26)21(7-12-27-13-8-21)16-4-2-1-3-5-16/h1-5,9-10,17H,6-8,11-13,15H2. The first kappa shape index (κ1) is 18.4. The highest BCUT2D eigenvalue weighted by atomic mass is 16.5. The molecule has 0 bridgehead atoms. The Labute approximate surface area is 163 Å². The Hall–Kier alpha value is -2.98. The first-order valence-electron chi connectivity index (χ1n) is 9.53. The van der Waals surface area contributed by atoms with Gasteiger partial charge in [-0.05, 0) is 18.4 Å². The molecule has 144 valence electrons. The molecule has 7 heteroatoms. The van der Waals surface area contributed by atoms with E-state index in [1.54, 1.807) is 0 Å². The lowest BCUT2D eigenvalue weighted by Crippen LogP contribution is -2.49. The number of amides is 1. The number of hydrogen-bond donors (Lipinski definition) is 0. The van der Waals surface area contributed by atoms with Crippen LogP contribution in [0.25, 0.3) is 0 Å². The molecule has 28 heavy (non-hydrogen) atoms. The van der Waals surface area contributed by atoms with Crippen molar-refractivity contribution in [1.29, 1.82) is 5.26 Å². The summed E-state index contributed by atoms with van der Waals surface area (Å²) in [6.07, 6.45) is 4.83. The van der Waals surface area contributed by atoms with Gasteiger partial charge in [0.1, 0.15) is 12.2 Å². The van der Waals surface area contributed by atoms with Gasteiger partial charge in [-0.2, -0.15) is 5.26 Å². The molecule has 0 spiro atoms. The zero-order chi connectivity index (χ0) is 19.4. The van der Waals surface area contributed by atoms with Gasteiger partial charge >= 0.3 is 0 Å². The number of carbonyl (C=O) groups is 1. The maximum Gasteiger partial charge on any atom is 0.251 e. The van der Waals surface area contributed by atoms with Gasteiger partial charge in [-0.25, -0.2) is 9.97 Å². The molecule has 0 radical (unpaired) electrons. The minimum absolute atomic E-state index is 0.132. The highest BCUT2D eigenvalue weighted by molar-refractivity contribution is 5.88. The third kappa shape index (κ3) is 3.43. The van der Waals surface area contributed by atoms with Crippen LogP contribution in [0.4, 0.5) is 0 Å². The zero-order valence-electron chi connectivity index (χ0n) is 15.6. The van der Waals surface area contributed by atoms with Crippen LogP contribution >= 0.6 is 0 Å². The second kappa shape index (κ2) is 7.95. The number of benzene rings is 1. The quantitative estimate of drug-likeness (QED) is 0.809. The zero-order valence-corrected chi connectivity index (χ0v) is 15.6. The van der Waals surface area contributed by atoms with Gasteiger partial charge in [-0.15, -0.1) is 0 Å². The second-order valence-electron chi connectivity index (χ2n) is 7.16. The van der Waals surface area contributed by atoms with Crippen molar-refractivity contribution >= 4 is 5.91 Å². The predicted octanol–water partition coefficient (Wildman–Crippen LogP) is 2.08. The molecule has 3 heterocycles. The number of ether oxygens (including phenoxy) is 2. The molecule has 1 atom stereocenters. The van der Waals surface area contributed by atoms with Crippen LogP contribution in [0.15, 0.2) is 42.7 Å². The summed E-state index contributed by atoms with van der Waals surface area (Å²) in [5, 5.41) is 9.15. The van der Waals surface area contributed by atoms with Crippen molar-refractivity contribution in [3.63, 3.8) is 0 Å². The summed E-state index contributed by atoms with van der Waals surface area (Å²) in [5.74, 6) is 0.362. The van der Waals surface area contributed by atoms with Crippen LogP contribution in [0.5, 0.6) is 5.88 Å². The average Bonchev–Trinajstić information content (AvgIpc) is 3.23. The topological polar surface area (TPSA) is 88.3 Å². The highest BCUT2D eigenvalue weighted by Gasteiger charge is 2.45. The number of aromatic nitrogens is 2. The van der Waals surface area contributed by atoms with E-state index in [1.165, 1.54) is 12.4 Å². The smallest absolute Gasteiger partial charge is 0.251 e. The predicted molar refractivity (Wildman–Crippen MR) is 101 cm³/mol. The molecule has 2 fully saturated rings. The van der Waals surface area contributed by atoms with Crippen LogP contribution in [0.2, 0.25) is 0 Å². The van der Waals surface area contributed by atoms with Gasteiger partial charge in [-0.3, -0.25) is 4.79 Å². The fourth-order valence-corrected chi connectivity index (χ4v) is 4.06. The Balaban J connectivity index is 1.51. The molecule has 0 N–H and O–H groups in total. The third-order valence-electron chi connectivity index (χ3n) is 5.56. The Bertz CT molecular complexity index is 875. The number of hydrogen-bond acceptors (Lipinski definition) is 6. The van der Waals surface area contributed by atoms with Crippen molar-refractivity contribution in [1.82, 2.24) is 14.9 Å². The summed E-state index contributed by atoms with van der Waals surface area (Å²) in [6.45, 7) is 2.27. The maximum absolute atomic E-state index is 13.6. The summed E-state index contributed by atoms with van der Waals surface area (Å²) < 4.78 is 11.4. The van der Waals surface area contributed by atoms with Crippen LogP contribution in [0.3, 0.4) is 0 Å². The molecular weight excluding hydrogens is 356 g/mol. The lowest BCUT2D eigenvalue weighted by molar-refractivity contribution is -0.140. The molecule has 0 aliphatic carbocycles. The van der Waals surface area contributed by atoms with E-state index in [0.717, 1.165) is 5.56 Å². The molecule has 2 aliphatic rings. The Morgan fingerprint density at radius 1 is 1.21 bits per heavy atom. The van der Waals surface area contributed by atoms with Gasteiger partial charge in [0, 0.05) is 38.6 Å². The van der Waals surface area contributed by atoms with Crippen LogP contribution in [0, 0.1) is 11.3 Å². The van der Waals surface area contributed by atoms with Crippen molar-refractivity contribution in [2.24, 2.45) is 0 Å². The third-order valence-corrected chi connectivity index (χ3v) is 5.56. The van der Waals surface area contributed by atoms with E-state index in [1.807, 2.05) is 41.3 Å². The summed E-state index contributed by atoms with van der Waals surface area (Å²) in [5.41, 5.74) is 0.671. The molecule has 2 saturated heterocycles. The number of rotatable bonds is 4. The van der Waals surface area contributed by atoms with Crippen molar-refractivity contribution < 1.29 is 14.3 Å². The van der Waals surface area contributed by atoms with E-state index >= 15 is 0 Å². The van der Waals surface area contributed by atoms with Crippen LogP contribution in [0.1, 0.15) is 30.5 Å². The lowest BCUT2D eigenvalue weighted by atomic mass is 9.73. The van der Waals surface area contributed by atoms with Gasteiger partial charge in [0.05, 0.1) is 12.0 Å². The van der Waals surface area contributed by atoms with Gasteiger partial charge in [0.15, 0.2) is 0 Å². The van der Waals surface area contributed by atoms with Gasteiger partial charge in [0.25, 0.3) is 5.88 Å². The Morgan fingerprint density at radius 2 is 1.96 bits per heavy atom. The highest BCUT2D eigenvalue weighted by Crippen LogP contribution is 2.37. The number of likely N-dealkylation sites (tertiary alicyclic amines) is 1. The van der Waals surface area contributed by atoms with Crippen molar-refractivity contribution in [2.45, 2.75) is 30.8 Å². The van der Waals surface area contributed by atoms with Gasteiger partial charge < -0.3 is 14.4 Å². The minimum Gasteiger partial charge on any atom is -0.470 e. The van der Waals surface area contributed by atoms with E-state index in [2.05, 4.69) is 9.97 Å². The average molecular weight is 378 g/mol. The molecule has 1 unspecified atom stereocenters. The lowest BCUT2D eigenvalue weighted by Gasteiger charge is -2.39. The normalized spacial score (nSPS) is 21.1. The molecule has 2 aromatic rings. The first-order valence-corrected chi connectivity index (χ1v) is 9.53. The van der Waals surface area contributed by atoms with Crippen molar-refractivity contribution in [3.8, 4) is 11.9 Å². The first-order chi connectivity index (χ1) is 13.7. The maximum atomic E-state index is 13.6. The van der Waals surface area contributed by atoms with E-state index in [9.17, 15) is 4.79 Å². The SMILES string of the molecule is N#Cc1nccnc1OC1CCN(C(=O)C2(c3ccccc3)CCOCC2)C1. The molecule has 7 nitrogen and oxygen atoms in total. The summed E-state index contributed by atoms with van der Waals surface area (Å²) in [4.78, 5) is 23.5. The molecule has 2 aliphatic heterocycles. The molecule has 4 rings (SSSR count). The molecular formula is C21H22N4O3. The number of nitriles is 1. The molecule has 1 amide bonds. The van der Waals surface area contributed by atoms with Gasteiger partial charge in [-0.1, -0.05) is 30.3 Å². The molecule has 1 aromatic carbocycles.